The average Bonchev–Trinajstić information content (AvgIpc) is 3.41. The molecule has 5 aromatic rings. The summed E-state index contributed by atoms with van der Waals surface area (Å²) in [7, 11) is 0. The number of aromatic amines is 1. The van der Waals surface area contributed by atoms with Crippen molar-refractivity contribution in [1.82, 2.24) is 30.1 Å². The van der Waals surface area contributed by atoms with Crippen LogP contribution in [-0.4, -0.2) is 36.6 Å². The maximum Gasteiger partial charge on any atom is 0.252 e. The van der Waals surface area contributed by atoms with Gasteiger partial charge in [0.2, 0.25) is 0 Å². The van der Waals surface area contributed by atoms with Crippen LogP contribution in [0, 0.1) is 6.92 Å². The predicted molar refractivity (Wildman–Crippen MR) is 151 cm³/mol. The average molecular weight is 507 g/mol. The number of benzene rings is 3. The van der Waals surface area contributed by atoms with Crippen LogP contribution in [0.25, 0.3) is 10.9 Å². The van der Waals surface area contributed by atoms with Crippen LogP contribution >= 0.6 is 0 Å². The van der Waals surface area contributed by atoms with Gasteiger partial charge in [0.25, 0.3) is 5.56 Å². The number of nitrogens with one attached hydrogen (secondary N) is 1. The van der Waals surface area contributed by atoms with Gasteiger partial charge in [0.05, 0.1) is 6.04 Å². The second-order valence-electron chi connectivity index (χ2n) is 9.84. The van der Waals surface area contributed by atoms with Gasteiger partial charge in [-0.3, -0.25) is 9.69 Å². The molecule has 0 spiro atoms. The molecule has 1 unspecified atom stereocenters. The van der Waals surface area contributed by atoms with E-state index < -0.39 is 0 Å². The Morgan fingerprint density at radius 1 is 0.921 bits per heavy atom. The molecule has 1 atom stereocenters. The summed E-state index contributed by atoms with van der Waals surface area (Å²) in [5.41, 5.74) is 5.24. The lowest BCUT2D eigenvalue weighted by Crippen LogP contribution is -2.34. The quantitative estimate of drug-likeness (QED) is 0.264. The molecule has 1 N–H and O–H groups in total. The number of rotatable bonds is 11. The van der Waals surface area contributed by atoms with E-state index in [9.17, 15) is 4.79 Å². The SMILES string of the molecule is CCC(c1nnnn1CCc1ccccc1)N(CCc1ccccc1)Cc1cc2cc(C)ccc2[nH]c1=O. The zero-order valence-electron chi connectivity index (χ0n) is 22.0. The molecular weight excluding hydrogens is 472 g/mol. The van der Waals surface area contributed by atoms with Crippen molar-refractivity contribution in [1.29, 1.82) is 0 Å². The standard InChI is InChI=1S/C31H34N6O/c1-3-29(30-33-34-35-37(30)19-17-25-12-8-5-9-13-25)36(18-16-24-10-6-4-7-11-24)22-27-21-26-20-23(2)14-15-28(26)32-31(27)38/h4-15,20-21,29H,3,16-19,22H2,1-2H3,(H,32,38). The minimum absolute atomic E-state index is 0.0305. The lowest BCUT2D eigenvalue weighted by Gasteiger charge is -2.30. The molecule has 38 heavy (non-hydrogen) atoms. The maximum atomic E-state index is 13.1. The fraction of sp³-hybridized carbons (Fsp3) is 0.290. The zero-order valence-corrected chi connectivity index (χ0v) is 22.0. The molecule has 0 aliphatic carbocycles. The number of aromatic nitrogens is 5. The molecular formula is C31H34N6O. The summed E-state index contributed by atoms with van der Waals surface area (Å²) in [6.45, 7) is 6.21. The Morgan fingerprint density at radius 2 is 1.63 bits per heavy atom. The Morgan fingerprint density at radius 3 is 2.34 bits per heavy atom. The summed E-state index contributed by atoms with van der Waals surface area (Å²) in [6.07, 6.45) is 2.54. The van der Waals surface area contributed by atoms with Crippen molar-refractivity contribution in [2.24, 2.45) is 0 Å². The van der Waals surface area contributed by atoms with E-state index in [0.29, 0.717) is 13.1 Å². The van der Waals surface area contributed by atoms with Crippen LogP contribution in [0.2, 0.25) is 0 Å². The fourth-order valence-corrected chi connectivity index (χ4v) is 5.06. The summed E-state index contributed by atoms with van der Waals surface area (Å²) in [5.74, 6) is 0.838. The van der Waals surface area contributed by atoms with Crippen LogP contribution in [0.4, 0.5) is 0 Å². The monoisotopic (exact) mass is 506 g/mol. The summed E-state index contributed by atoms with van der Waals surface area (Å²) < 4.78 is 1.92. The third-order valence-electron chi connectivity index (χ3n) is 7.12. The second kappa shape index (κ2) is 12.0. The highest BCUT2D eigenvalue weighted by molar-refractivity contribution is 5.79. The van der Waals surface area contributed by atoms with Crippen LogP contribution < -0.4 is 5.56 Å². The van der Waals surface area contributed by atoms with E-state index >= 15 is 0 Å². The number of pyridine rings is 1. The number of tetrazole rings is 1. The van der Waals surface area contributed by atoms with Crippen LogP contribution in [0.5, 0.6) is 0 Å². The Bertz CT molecular complexity index is 1530. The first-order valence-electron chi connectivity index (χ1n) is 13.3. The van der Waals surface area contributed by atoms with Crippen molar-refractivity contribution < 1.29 is 0 Å². The molecule has 3 aromatic carbocycles. The van der Waals surface area contributed by atoms with Gasteiger partial charge < -0.3 is 4.98 Å². The summed E-state index contributed by atoms with van der Waals surface area (Å²) in [4.78, 5) is 18.6. The molecule has 0 bridgehead atoms. The van der Waals surface area contributed by atoms with Gasteiger partial charge in [-0.15, -0.1) is 5.10 Å². The minimum atomic E-state index is -0.0513. The number of fused-ring (bicyclic) bond motifs is 1. The van der Waals surface area contributed by atoms with Gasteiger partial charge in [-0.1, -0.05) is 79.2 Å². The lowest BCUT2D eigenvalue weighted by molar-refractivity contribution is 0.171. The third-order valence-corrected chi connectivity index (χ3v) is 7.12. The number of nitrogens with zero attached hydrogens (tertiary/aromatic N) is 5. The number of hydrogen-bond donors (Lipinski definition) is 1. The number of H-pyrrole nitrogens is 1. The molecule has 0 saturated heterocycles. The van der Waals surface area contributed by atoms with Gasteiger partial charge in [0.1, 0.15) is 0 Å². The van der Waals surface area contributed by atoms with E-state index in [1.54, 1.807) is 0 Å². The fourth-order valence-electron chi connectivity index (χ4n) is 5.06. The van der Waals surface area contributed by atoms with Crippen molar-refractivity contribution >= 4 is 10.9 Å². The van der Waals surface area contributed by atoms with Gasteiger partial charge in [-0.05, 0) is 71.3 Å². The highest BCUT2D eigenvalue weighted by Crippen LogP contribution is 2.25. The van der Waals surface area contributed by atoms with Gasteiger partial charge >= 0.3 is 0 Å². The Hall–Kier alpha value is -4.10. The van der Waals surface area contributed by atoms with Gasteiger partial charge in [0.15, 0.2) is 5.82 Å². The molecule has 7 nitrogen and oxygen atoms in total. The Kier molecular flexibility index (Phi) is 8.04. The normalized spacial score (nSPS) is 12.3. The molecule has 2 aromatic heterocycles. The molecule has 0 amide bonds. The van der Waals surface area contributed by atoms with Gasteiger partial charge in [-0.25, -0.2) is 4.68 Å². The van der Waals surface area contributed by atoms with Crippen molar-refractivity contribution in [3.05, 3.63) is 123 Å². The van der Waals surface area contributed by atoms with Crippen LogP contribution in [-0.2, 0) is 25.9 Å². The minimum Gasteiger partial charge on any atom is -0.322 e. The summed E-state index contributed by atoms with van der Waals surface area (Å²) in [5, 5.41) is 13.9. The van der Waals surface area contributed by atoms with Gasteiger partial charge in [0, 0.05) is 30.7 Å². The molecule has 0 radical (unpaired) electrons. The van der Waals surface area contributed by atoms with E-state index in [1.807, 2.05) is 35.0 Å². The molecule has 5 rings (SSSR count). The highest BCUT2D eigenvalue weighted by atomic mass is 16.1. The predicted octanol–water partition coefficient (Wildman–Crippen LogP) is 5.26. The summed E-state index contributed by atoms with van der Waals surface area (Å²) >= 11 is 0. The first-order chi connectivity index (χ1) is 18.6. The molecule has 194 valence electrons. The van der Waals surface area contributed by atoms with Crippen molar-refractivity contribution in [3.8, 4) is 0 Å². The molecule has 0 aliphatic rings. The molecule has 0 saturated carbocycles. The number of hydrogen-bond acceptors (Lipinski definition) is 5. The van der Waals surface area contributed by atoms with Gasteiger partial charge in [-0.2, -0.15) is 0 Å². The third kappa shape index (κ3) is 6.06. The van der Waals surface area contributed by atoms with E-state index in [-0.39, 0.29) is 11.6 Å². The van der Waals surface area contributed by atoms with E-state index in [1.165, 1.54) is 16.7 Å². The molecule has 2 heterocycles. The first-order valence-corrected chi connectivity index (χ1v) is 13.3. The highest BCUT2D eigenvalue weighted by Gasteiger charge is 2.25. The van der Waals surface area contributed by atoms with Crippen molar-refractivity contribution in [2.75, 3.05) is 6.54 Å². The smallest absolute Gasteiger partial charge is 0.252 e. The Balaban J connectivity index is 1.44. The van der Waals surface area contributed by atoms with E-state index in [2.05, 4.69) is 93.9 Å². The largest absolute Gasteiger partial charge is 0.322 e. The Labute approximate surface area is 223 Å². The topological polar surface area (TPSA) is 79.7 Å². The van der Waals surface area contributed by atoms with E-state index in [0.717, 1.165) is 48.1 Å². The van der Waals surface area contributed by atoms with Crippen molar-refractivity contribution in [3.63, 3.8) is 0 Å². The maximum absolute atomic E-state index is 13.1. The zero-order chi connectivity index (χ0) is 26.3. The summed E-state index contributed by atoms with van der Waals surface area (Å²) in [6, 6.07) is 29.0. The molecule has 0 fully saturated rings. The second-order valence-corrected chi connectivity index (χ2v) is 9.84. The van der Waals surface area contributed by atoms with Crippen LogP contribution in [0.1, 0.15) is 47.5 Å². The van der Waals surface area contributed by atoms with Crippen molar-refractivity contribution in [2.45, 2.75) is 52.2 Å². The van der Waals surface area contributed by atoms with Crippen LogP contribution in [0.3, 0.4) is 0 Å². The van der Waals surface area contributed by atoms with Crippen LogP contribution in [0.15, 0.2) is 89.7 Å². The lowest BCUT2D eigenvalue weighted by atomic mass is 10.1. The first kappa shape index (κ1) is 25.5. The molecule has 0 aliphatic heterocycles. The van der Waals surface area contributed by atoms with E-state index in [4.69, 9.17) is 0 Å². The molecule has 7 heteroatoms. The number of aryl methyl sites for hydroxylation is 3.